The highest BCUT2D eigenvalue weighted by atomic mass is 32.2. The zero-order chi connectivity index (χ0) is 16.2. The second kappa shape index (κ2) is 6.72. The Balaban J connectivity index is 3.02. The second-order valence-electron chi connectivity index (χ2n) is 4.43. The molecule has 0 radical (unpaired) electrons. The molecule has 9 heteroatoms. The molecule has 1 heterocycles. The van der Waals surface area contributed by atoms with Crippen LogP contribution in [0.2, 0.25) is 0 Å². The smallest absolute Gasteiger partial charge is 0.374 e. The number of carbonyl (C=O) groups is 2. The van der Waals surface area contributed by atoms with Crippen LogP contribution < -0.4 is 4.72 Å². The predicted molar refractivity (Wildman–Crippen MR) is 71.2 cm³/mol. The van der Waals surface area contributed by atoms with E-state index in [9.17, 15) is 18.0 Å². The summed E-state index contributed by atoms with van der Waals surface area (Å²) < 4.78 is 35.5. The standard InChI is InChI=1S/C12H17NO7S/c1-4-7(2)10(11(14)15)13-21(17,18)9-6-5-8(20-9)12(16)19-3/h5-7,10,13H,4H2,1-3H3,(H,14,15)/t7-,10-/m0/s1. The Morgan fingerprint density at radius 3 is 2.52 bits per heavy atom. The maximum absolute atomic E-state index is 12.1. The molecule has 0 saturated carbocycles. The van der Waals surface area contributed by atoms with E-state index in [0.717, 1.165) is 19.2 Å². The summed E-state index contributed by atoms with van der Waals surface area (Å²) in [4.78, 5) is 22.4. The largest absolute Gasteiger partial charge is 0.480 e. The van der Waals surface area contributed by atoms with E-state index in [0.29, 0.717) is 6.42 Å². The molecule has 1 aromatic heterocycles. The van der Waals surface area contributed by atoms with Crippen molar-refractivity contribution < 1.29 is 32.3 Å². The summed E-state index contributed by atoms with van der Waals surface area (Å²) in [6.45, 7) is 3.36. The van der Waals surface area contributed by atoms with E-state index in [1.54, 1.807) is 13.8 Å². The van der Waals surface area contributed by atoms with Gasteiger partial charge in [0, 0.05) is 0 Å². The third-order valence-corrected chi connectivity index (χ3v) is 4.31. The van der Waals surface area contributed by atoms with Crippen LogP contribution in [0.3, 0.4) is 0 Å². The Morgan fingerprint density at radius 1 is 1.43 bits per heavy atom. The zero-order valence-electron chi connectivity index (χ0n) is 11.8. The van der Waals surface area contributed by atoms with Gasteiger partial charge in [0.25, 0.3) is 10.0 Å². The fraction of sp³-hybridized carbons (Fsp3) is 0.500. The molecule has 0 amide bonds. The summed E-state index contributed by atoms with van der Waals surface area (Å²) in [7, 11) is -3.06. The van der Waals surface area contributed by atoms with Crippen LogP contribution >= 0.6 is 0 Å². The lowest BCUT2D eigenvalue weighted by atomic mass is 10.0. The Bertz CT molecular complexity index is 619. The van der Waals surface area contributed by atoms with Crippen LogP contribution in [0.25, 0.3) is 0 Å². The van der Waals surface area contributed by atoms with Gasteiger partial charge in [-0.3, -0.25) is 4.79 Å². The molecule has 0 aliphatic rings. The van der Waals surface area contributed by atoms with Gasteiger partial charge in [0.2, 0.25) is 10.9 Å². The predicted octanol–water partition coefficient (Wildman–Crippen LogP) is 0.844. The van der Waals surface area contributed by atoms with E-state index in [1.807, 2.05) is 0 Å². The average molecular weight is 319 g/mol. The monoisotopic (exact) mass is 319 g/mol. The van der Waals surface area contributed by atoms with E-state index >= 15 is 0 Å². The minimum absolute atomic E-state index is 0.284. The highest BCUT2D eigenvalue weighted by Crippen LogP contribution is 2.17. The van der Waals surface area contributed by atoms with Crippen LogP contribution in [0.4, 0.5) is 0 Å². The number of nitrogens with one attached hydrogen (secondary N) is 1. The molecule has 2 N–H and O–H groups in total. The van der Waals surface area contributed by atoms with E-state index < -0.39 is 39.0 Å². The van der Waals surface area contributed by atoms with Crippen molar-refractivity contribution in [3.8, 4) is 0 Å². The van der Waals surface area contributed by atoms with E-state index in [2.05, 4.69) is 9.46 Å². The molecule has 0 aliphatic carbocycles. The van der Waals surface area contributed by atoms with Crippen molar-refractivity contribution in [2.24, 2.45) is 5.92 Å². The van der Waals surface area contributed by atoms with Crippen molar-refractivity contribution in [2.75, 3.05) is 7.11 Å². The number of carboxylic acid groups (broad SMARTS) is 1. The van der Waals surface area contributed by atoms with Gasteiger partial charge in [-0.25, -0.2) is 13.2 Å². The van der Waals surface area contributed by atoms with Crippen molar-refractivity contribution in [3.05, 3.63) is 17.9 Å². The number of hydrogen-bond acceptors (Lipinski definition) is 6. The summed E-state index contributed by atoms with van der Waals surface area (Å²) in [6, 6.07) is 0.912. The van der Waals surface area contributed by atoms with Gasteiger partial charge in [0.1, 0.15) is 6.04 Å². The minimum atomic E-state index is -4.19. The Morgan fingerprint density at radius 2 is 2.05 bits per heavy atom. The Kier molecular flexibility index (Phi) is 5.50. The molecule has 0 spiro atoms. The fourth-order valence-electron chi connectivity index (χ4n) is 1.55. The maximum atomic E-state index is 12.1. The Hall–Kier alpha value is -1.87. The van der Waals surface area contributed by atoms with Crippen molar-refractivity contribution in [2.45, 2.75) is 31.4 Å². The van der Waals surface area contributed by atoms with Crippen LogP contribution in [0.5, 0.6) is 0 Å². The SMILES string of the molecule is CC[C@H](C)[C@H](NS(=O)(=O)c1ccc(C(=O)OC)o1)C(=O)O. The third kappa shape index (κ3) is 4.05. The van der Waals surface area contributed by atoms with E-state index in [4.69, 9.17) is 9.52 Å². The summed E-state index contributed by atoms with van der Waals surface area (Å²) >= 11 is 0. The van der Waals surface area contributed by atoms with Crippen LogP contribution in [-0.2, 0) is 19.6 Å². The fourth-order valence-corrected chi connectivity index (χ4v) is 2.78. The number of aliphatic carboxylic acids is 1. The number of furan rings is 1. The molecular formula is C12H17NO7S. The van der Waals surface area contributed by atoms with Gasteiger partial charge in [-0.05, 0) is 18.1 Å². The van der Waals surface area contributed by atoms with Gasteiger partial charge < -0.3 is 14.3 Å². The first kappa shape index (κ1) is 17.2. The lowest BCUT2D eigenvalue weighted by Crippen LogP contribution is -2.44. The number of esters is 1. The van der Waals surface area contributed by atoms with Gasteiger partial charge in [-0.1, -0.05) is 20.3 Å². The molecule has 0 saturated heterocycles. The minimum Gasteiger partial charge on any atom is -0.480 e. The third-order valence-electron chi connectivity index (χ3n) is 2.99. The lowest BCUT2D eigenvalue weighted by molar-refractivity contribution is -0.140. The number of sulfonamides is 1. The molecule has 118 valence electrons. The molecule has 21 heavy (non-hydrogen) atoms. The Labute approximate surface area is 122 Å². The van der Waals surface area contributed by atoms with Gasteiger partial charge in [-0.15, -0.1) is 0 Å². The topological polar surface area (TPSA) is 123 Å². The van der Waals surface area contributed by atoms with Gasteiger partial charge >= 0.3 is 11.9 Å². The zero-order valence-corrected chi connectivity index (χ0v) is 12.6. The highest BCUT2D eigenvalue weighted by molar-refractivity contribution is 7.89. The molecule has 1 aromatic rings. The lowest BCUT2D eigenvalue weighted by Gasteiger charge is -2.19. The van der Waals surface area contributed by atoms with E-state index in [-0.39, 0.29) is 5.76 Å². The molecule has 2 atom stereocenters. The molecule has 0 unspecified atom stereocenters. The molecule has 0 aliphatic heterocycles. The molecule has 1 rings (SSSR count). The molecule has 0 aromatic carbocycles. The average Bonchev–Trinajstić information content (AvgIpc) is 2.93. The first-order valence-electron chi connectivity index (χ1n) is 6.16. The highest BCUT2D eigenvalue weighted by Gasteiger charge is 2.31. The quantitative estimate of drug-likeness (QED) is 0.714. The van der Waals surface area contributed by atoms with Crippen molar-refractivity contribution in [3.63, 3.8) is 0 Å². The summed E-state index contributed by atoms with van der Waals surface area (Å²) in [5.41, 5.74) is 0. The molecule has 0 fully saturated rings. The number of methoxy groups -OCH3 is 1. The van der Waals surface area contributed by atoms with Gasteiger partial charge in [0.05, 0.1) is 7.11 Å². The summed E-state index contributed by atoms with van der Waals surface area (Å²) in [6.07, 6.45) is 0.477. The van der Waals surface area contributed by atoms with Crippen LogP contribution in [0.15, 0.2) is 21.6 Å². The first-order valence-corrected chi connectivity index (χ1v) is 7.64. The normalized spacial score (nSPS) is 14.4. The van der Waals surface area contributed by atoms with Crippen molar-refractivity contribution in [1.29, 1.82) is 0 Å². The first-order chi connectivity index (χ1) is 9.72. The van der Waals surface area contributed by atoms with Crippen LogP contribution in [0.1, 0.15) is 30.8 Å². The molecular weight excluding hydrogens is 302 g/mol. The number of ether oxygens (including phenoxy) is 1. The van der Waals surface area contributed by atoms with Gasteiger partial charge in [-0.2, -0.15) is 4.72 Å². The van der Waals surface area contributed by atoms with Gasteiger partial charge in [0.15, 0.2) is 0 Å². The second-order valence-corrected chi connectivity index (χ2v) is 6.08. The number of carbonyl (C=O) groups excluding carboxylic acids is 1. The van der Waals surface area contributed by atoms with E-state index in [1.165, 1.54) is 0 Å². The molecule has 0 bridgehead atoms. The van der Waals surface area contributed by atoms with Crippen molar-refractivity contribution in [1.82, 2.24) is 4.72 Å². The van der Waals surface area contributed by atoms with Crippen LogP contribution in [-0.4, -0.2) is 38.6 Å². The number of carboxylic acids is 1. The van der Waals surface area contributed by atoms with Crippen molar-refractivity contribution >= 4 is 22.0 Å². The number of hydrogen-bond donors (Lipinski definition) is 2. The summed E-state index contributed by atoms with van der Waals surface area (Å²) in [5, 5.41) is 8.54. The maximum Gasteiger partial charge on any atom is 0.374 e. The molecule has 8 nitrogen and oxygen atoms in total. The van der Waals surface area contributed by atoms with Crippen LogP contribution in [0, 0.1) is 5.92 Å². The number of rotatable bonds is 7. The summed E-state index contributed by atoms with van der Waals surface area (Å²) in [5.74, 6) is -2.80.